The fourth-order valence-electron chi connectivity index (χ4n) is 3.38. The lowest BCUT2D eigenvalue weighted by Gasteiger charge is -2.23. The minimum absolute atomic E-state index is 0.213. The Bertz CT molecular complexity index is 532. The van der Waals surface area contributed by atoms with E-state index in [1.807, 2.05) is 6.07 Å². The third kappa shape index (κ3) is 2.93. The quantitative estimate of drug-likeness (QED) is 0.454. The fraction of sp³-hybridized carbons (Fsp3) is 0.467. The lowest BCUT2D eigenvalue weighted by molar-refractivity contribution is 0.389. The van der Waals surface area contributed by atoms with Crippen molar-refractivity contribution in [2.24, 2.45) is 16.9 Å². The molecule has 106 valence electrons. The Balaban J connectivity index is 1.49. The second-order valence-electron chi connectivity index (χ2n) is 5.68. The van der Waals surface area contributed by atoms with Crippen molar-refractivity contribution >= 4 is 23.5 Å². The molecule has 2 aliphatic rings. The summed E-state index contributed by atoms with van der Waals surface area (Å²) in [6.45, 7) is 0. The summed E-state index contributed by atoms with van der Waals surface area (Å²) in [6.07, 6.45) is 6.86. The molecule has 0 heterocycles. The molecule has 5 heteroatoms. The largest absolute Gasteiger partial charge is 0.507 e. The number of thiocarbonyl (C=S) groups is 1. The first kappa shape index (κ1) is 13.4. The van der Waals surface area contributed by atoms with E-state index < -0.39 is 0 Å². The molecule has 3 rings (SSSR count). The van der Waals surface area contributed by atoms with Gasteiger partial charge in [0.25, 0.3) is 0 Å². The van der Waals surface area contributed by atoms with Crippen LogP contribution in [-0.4, -0.2) is 22.5 Å². The Morgan fingerprint density at radius 2 is 2.15 bits per heavy atom. The van der Waals surface area contributed by atoms with E-state index in [9.17, 15) is 5.11 Å². The number of hydrogen-bond donors (Lipinski definition) is 3. The highest BCUT2D eigenvalue weighted by molar-refractivity contribution is 7.80. The van der Waals surface area contributed by atoms with Crippen LogP contribution in [-0.2, 0) is 0 Å². The number of nitrogens with one attached hydrogen (secondary N) is 2. The van der Waals surface area contributed by atoms with E-state index in [4.69, 9.17) is 12.2 Å². The van der Waals surface area contributed by atoms with Crippen molar-refractivity contribution in [1.82, 2.24) is 10.7 Å². The first-order valence-corrected chi connectivity index (χ1v) is 7.51. The SMILES string of the molecule is Oc1ccccc1/C=N/NC(=S)N[C@@H]1C[C@@H]2CC[C@H]1C2. The van der Waals surface area contributed by atoms with Crippen LogP contribution in [0.1, 0.15) is 31.2 Å². The van der Waals surface area contributed by atoms with E-state index in [0.29, 0.717) is 16.7 Å². The van der Waals surface area contributed by atoms with Gasteiger partial charge in [0.05, 0.1) is 6.21 Å². The molecule has 0 saturated heterocycles. The standard InChI is InChI=1S/C15H19N3OS/c19-14-4-2-1-3-12(14)9-16-18-15(20)17-13-8-10-5-6-11(13)7-10/h1-4,9-11,13,19H,5-8H2,(H2,17,18,20)/b16-9+/t10-,11+,13-/m1/s1. The van der Waals surface area contributed by atoms with E-state index in [2.05, 4.69) is 15.8 Å². The highest BCUT2D eigenvalue weighted by Gasteiger charge is 2.39. The van der Waals surface area contributed by atoms with Crippen LogP contribution >= 0.6 is 12.2 Å². The summed E-state index contributed by atoms with van der Waals surface area (Å²) < 4.78 is 0. The van der Waals surface area contributed by atoms with Crippen molar-refractivity contribution in [3.05, 3.63) is 29.8 Å². The summed E-state index contributed by atoms with van der Waals surface area (Å²) in [5.74, 6) is 1.89. The van der Waals surface area contributed by atoms with Gasteiger partial charge in [-0.2, -0.15) is 5.10 Å². The van der Waals surface area contributed by atoms with Crippen molar-refractivity contribution in [1.29, 1.82) is 0 Å². The maximum Gasteiger partial charge on any atom is 0.187 e. The number of hydrazone groups is 1. The molecular weight excluding hydrogens is 270 g/mol. The number of para-hydroxylation sites is 1. The van der Waals surface area contributed by atoms with E-state index in [-0.39, 0.29) is 5.75 Å². The molecule has 0 aromatic heterocycles. The Morgan fingerprint density at radius 1 is 1.30 bits per heavy atom. The number of benzene rings is 1. The third-order valence-electron chi connectivity index (χ3n) is 4.36. The van der Waals surface area contributed by atoms with Gasteiger partial charge in [-0.05, 0) is 55.4 Å². The van der Waals surface area contributed by atoms with Crippen molar-refractivity contribution in [2.45, 2.75) is 31.7 Å². The molecule has 0 radical (unpaired) electrons. The summed E-state index contributed by atoms with van der Waals surface area (Å²) in [5.41, 5.74) is 3.49. The van der Waals surface area contributed by atoms with E-state index in [1.165, 1.54) is 25.7 Å². The molecule has 0 spiro atoms. The van der Waals surface area contributed by atoms with Crippen LogP contribution in [0.2, 0.25) is 0 Å². The summed E-state index contributed by atoms with van der Waals surface area (Å²) >= 11 is 5.26. The number of phenols is 1. The van der Waals surface area contributed by atoms with Crippen LogP contribution in [0.3, 0.4) is 0 Å². The maximum atomic E-state index is 9.61. The Hall–Kier alpha value is -1.62. The smallest absolute Gasteiger partial charge is 0.187 e. The number of rotatable bonds is 3. The molecule has 0 aliphatic heterocycles. The lowest BCUT2D eigenvalue weighted by Crippen LogP contribution is -2.42. The first-order valence-electron chi connectivity index (χ1n) is 7.10. The van der Waals surface area contributed by atoms with Crippen molar-refractivity contribution in [3.63, 3.8) is 0 Å². The van der Waals surface area contributed by atoms with Crippen LogP contribution < -0.4 is 10.7 Å². The average Bonchev–Trinajstić information content (AvgIpc) is 3.03. The normalized spacial score (nSPS) is 27.9. The highest BCUT2D eigenvalue weighted by atomic mass is 32.1. The van der Waals surface area contributed by atoms with E-state index in [1.54, 1.807) is 24.4 Å². The van der Waals surface area contributed by atoms with Crippen molar-refractivity contribution < 1.29 is 5.11 Å². The molecule has 0 amide bonds. The van der Waals surface area contributed by atoms with Gasteiger partial charge >= 0.3 is 0 Å². The number of aromatic hydroxyl groups is 1. The first-order chi connectivity index (χ1) is 9.72. The second-order valence-corrected chi connectivity index (χ2v) is 6.09. The van der Waals surface area contributed by atoms with Crippen molar-refractivity contribution in [3.8, 4) is 5.75 Å². The Morgan fingerprint density at radius 3 is 2.85 bits per heavy atom. The zero-order chi connectivity index (χ0) is 13.9. The molecule has 2 saturated carbocycles. The molecule has 2 fully saturated rings. The predicted octanol–water partition coefficient (Wildman–Crippen LogP) is 2.38. The molecule has 0 unspecified atom stereocenters. The second kappa shape index (κ2) is 5.79. The fourth-order valence-corrected chi connectivity index (χ4v) is 3.58. The van der Waals surface area contributed by atoms with Gasteiger partial charge in [0.15, 0.2) is 5.11 Å². The Labute approximate surface area is 124 Å². The van der Waals surface area contributed by atoms with Gasteiger partial charge in [0.2, 0.25) is 0 Å². The molecule has 2 aliphatic carbocycles. The maximum absolute atomic E-state index is 9.61. The molecule has 1 aromatic rings. The number of phenolic OH excluding ortho intramolecular Hbond substituents is 1. The van der Waals surface area contributed by atoms with Gasteiger partial charge in [0, 0.05) is 11.6 Å². The molecule has 2 bridgehead atoms. The number of nitrogens with zero attached hydrogens (tertiary/aromatic N) is 1. The van der Waals surface area contributed by atoms with Gasteiger partial charge in [-0.25, -0.2) is 0 Å². The number of fused-ring (bicyclic) bond motifs is 2. The van der Waals surface area contributed by atoms with Crippen LogP contribution in [0, 0.1) is 11.8 Å². The minimum Gasteiger partial charge on any atom is -0.507 e. The minimum atomic E-state index is 0.213. The summed E-state index contributed by atoms with van der Waals surface area (Å²) in [6, 6.07) is 7.57. The monoisotopic (exact) mass is 289 g/mol. The zero-order valence-electron chi connectivity index (χ0n) is 11.2. The summed E-state index contributed by atoms with van der Waals surface area (Å²) in [7, 11) is 0. The molecule has 4 nitrogen and oxygen atoms in total. The highest BCUT2D eigenvalue weighted by Crippen LogP contribution is 2.44. The summed E-state index contributed by atoms with van der Waals surface area (Å²) in [4.78, 5) is 0. The third-order valence-corrected chi connectivity index (χ3v) is 4.57. The summed E-state index contributed by atoms with van der Waals surface area (Å²) in [5, 5.41) is 17.6. The lowest BCUT2D eigenvalue weighted by atomic mass is 9.96. The van der Waals surface area contributed by atoms with Gasteiger partial charge in [-0.3, -0.25) is 5.43 Å². The van der Waals surface area contributed by atoms with E-state index in [0.717, 1.165) is 11.8 Å². The van der Waals surface area contributed by atoms with Crippen LogP contribution in [0.25, 0.3) is 0 Å². The van der Waals surface area contributed by atoms with E-state index >= 15 is 0 Å². The van der Waals surface area contributed by atoms with Crippen molar-refractivity contribution in [2.75, 3.05) is 0 Å². The molecule has 3 N–H and O–H groups in total. The van der Waals surface area contributed by atoms with Crippen LogP contribution in [0.4, 0.5) is 0 Å². The van der Waals surface area contributed by atoms with Gasteiger partial charge in [-0.1, -0.05) is 18.6 Å². The molecule has 20 heavy (non-hydrogen) atoms. The molecular formula is C15H19N3OS. The number of hydrogen-bond acceptors (Lipinski definition) is 3. The van der Waals surface area contributed by atoms with Crippen LogP contribution in [0.5, 0.6) is 5.75 Å². The van der Waals surface area contributed by atoms with Gasteiger partial charge < -0.3 is 10.4 Å². The average molecular weight is 289 g/mol. The Kier molecular flexibility index (Phi) is 3.87. The predicted molar refractivity (Wildman–Crippen MR) is 83.8 cm³/mol. The van der Waals surface area contributed by atoms with Gasteiger partial charge in [-0.15, -0.1) is 0 Å². The molecule has 3 atom stereocenters. The van der Waals surface area contributed by atoms with Gasteiger partial charge in [0.1, 0.15) is 5.75 Å². The van der Waals surface area contributed by atoms with Crippen LogP contribution in [0.15, 0.2) is 29.4 Å². The zero-order valence-corrected chi connectivity index (χ0v) is 12.1. The topological polar surface area (TPSA) is 56.7 Å². The molecule has 1 aromatic carbocycles.